The summed E-state index contributed by atoms with van der Waals surface area (Å²) >= 11 is 0. The second-order valence-electron chi connectivity index (χ2n) is 6.97. The first-order chi connectivity index (χ1) is 14.5. The van der Waals surface area contributed by atoms with Gasteiger partial charge in [0.25, 0.3) is 10.1 Å². The van der Waals surface area contributed by atoms with E-state index in [1.54, 1.807) is 12.1 Å². The molecule has 0 N–H and O–H groups in total. The molecule has 0 fully saturated rings. The summed E-state index contributed by atoms with van der Waals surface area (Å²) < 4.78 is 41.9. The minimum Gasteiger partial charge on any atom is -0.374 e. The zero-order valence-electron chi connectivity index (χ0n) is 16.9. The van der Waals surface area contributed by atoms with Gasteiger partial charge in [-0.05, 0) is 30.2 Å². The average Bonchev–Trinajstić information content (AvgIpc) is 2.77. The second kappa shape index (κ2) is 11.0. The van der Waals surface area contributed by atoms with Crippen LogP contribution in [0.25, 0.3) is 0 Å². The van der Waals surface area contributed by atoms with Crippen LogP contribution in [-0.2, 0) is 37.0 Å². The van der Waals surface area contributed by atoms with Crippen LogP contribution in [0.2, 0.25) is 0 Å². The normalized spacial score (nSPS) is 12.6. The summed E-state index contributed by atoms with van der Waals surface area (Å²) in [7, 11) is -3.87. The van der Waals surface area contributed by atoms with Gasteiger partial charge in [-0.3, -0.25) is 4.18 Å². The van der Waals surface area contributed by atoms with E-state index in [4.69, 9.17) is 13.7 Å². The van der Waals surface area contributed by atoms with Gasteiger partial charge in [0.15, 0.2) is 0 Å². The van der Waals surface area contributed by atoms with Crippen molar-refractivity contribution in [1.29, 1.82) is 0 Å². The van der Waals surface area contributed by atoms with Crippen LogP contribution in [0, 0.1) is 6.92 Å². The Morgan fingerprint density at radius 1 is 0.733 bits per heavy atom. The number of rotatable bonds is 11. The fraction of sp³-hybridized carbons (Fsp3) is 0.250. The zero-order chi connectivity index (χ0) is 21.2. The number of benzene rings is 3. The first kappa shape index (κ1) is 22.2. The highest BCUT2D eigenvalue weighted by atomic mass is 32.2. The molecule has 0 aliphatic heterocycles. The molecule has 0 aliphatic carbocycles. The molecule has 1 unspecified atom stereocenters. The second-order valence-corrected chi connectivity index (χ2v) is 8.59. The molecule has 0 radical (unpaired) electrons. The highest BCUT2D eigenvalue weighted by Crippen LogP contribution is 2.15. The lowest BCUT2D eigenvalue weighted by Gasteiger charge is -2.18. The quantitative estimate of drug-likeness (QED) is 0.423. The Balaban J connectivity index is 1.59. The van der Waals surface area contributed by atoms with E-state index in [1.807, 2.05) is 67.6 Å². The molecule has 1 atom stereocenters. The Kier molecular flexibility index (Phi) is 8.16. The molecular formula is C24H26O5S. The minimum atomic E-state index is -3.87. The van der Waals surface area contributed by atoms with Crippen molar-refractivity contribution in [2.24, 2.45) is 0 Å². The van der Waals surface area contributed by atoms with Crippen molar-refractivity contribution in [1.82, 2.24) is 0 Å². The van der Waals surface area contributed by atoms with Gasteiger partial charge in [0, 0.05) is 0 Å². The van der Waals surface area contributed by atoms with Crippen LogP contribution in [0.1, 0.15) is 16.7 Å². The van der Waals surface area contributed by atoms with Crippen molar-refractivity contribution in [2.75, 3.05) is 13.2 Å². The van der Waals surface area contributed by atoms with Crippen molar-refractivity contribution in [3.8, 4) is 0 Å². The number of hydrogen-bond acceptors (Lipinski definition) is 5. The van der Waals surface area contributed by atoms with E-state index in [2.05, 4.69) is 0 Å². The van der Waals surface area contributed by atoms with E-state index in [0.717, 1.165) is 16.7 Å². The molecule has 6 heteroatoms. The van der Waals surface area contributed by atoms with Gasteiger partial charge in [0.2, 0.25) is 0 Å². The third kappa shape index (κ3) is 7.07. The zero-order valence-corrected chi connectivity index (χ0v) is 17.8. The maximum Gasteiger partial charge on any atom is 0.297 e. The van der Waals surface area contributed by atoms with Crippen LogP contribution in [0.15, 0.2) is 89.8 Å². The Bertz CT molecular complexity index is 987. The summed E-state index contributed by atoms with van der Waals surface area (Å²) in [6.45, 7) is 2.74. The van der Waals surface area contributed by atoms with Crippen LogP contribution in [0.3, 0.4) is 0 Å². The molecule has 3 aromatic rings. The van der Waals surface area contributed by atoms with Crippen molar-refractivity contribution < 1.29 is 22.1 Å². The molecule has 0 aromatic heterocycles. The van der Waals surface area contributed by atoms with Gasteiger partial charge in [-0.2, -0.15) is 8.42 Å². The van der Waals surface area contributed by atoms with E-state index in [1.165, 1.54) is 12.1 Å². The molecule has 0 saturated heterocycles. The van der Waals surface area contributed by atoms with E-state index < -0.39 is 16.2 Å². The Labute approximate surface area is 178 Å². The standard InChI is InChI=1S/C24H26O5S/c1-20-12-14-24(15-13-20)30(25,26)29-19-23(28-17-22-10-6-3-7-11-22)18-27-16-21-8-4-2-5-9-21/h2-15,23H,16-19H2,1H3. The highest BCUT2D eigenvalue weighted by molar-refractivity contribution is 7.86. The summed E-state index contributed by atoms with van der Waals surface area (Å²) in [6, 6.07) is 26.0. The molecule has 3 aromatic carbocycles. The molecule has 0 aliphatic rings. The predicted octanol–water partition coefficient (Wildman–Crippen LogP) is 4.50. The third-order valence-corrected chi connectivity index (χ3v) is 5.76. The summed E-state index contributed by atoms with van der Waals surface area (Å²) in [5.41, 5.74) is 3.01. The molecular weight excluding hydrogens is 400 g/mol. The van der Waals surface area contributed by atoms with Crippen LogP contribution in [0.4, 0.5) is 0 Å². The molecule has 3 rings (SSSR count). The van der Waals surface area contributed by atoms with E-state index in [0.29, 0.717) is 13.2 Å². The number of ether oxygens (including phenoxy) is 2. The van der Waals surface area contributed by atoms with Crippen molar-refractivity contribution in [3.63, 3.8) is 0 Å². The van der Waals surface area contributed by atoms with Crippen molar-refractivity contribution >= 4 is 10.1 Å². The molecule has 30 heavy (non-hydrogen) atoms. The lowest BCUT2D eigenvalue weighted by atomic mass is 10.2. The van der Waals surface area contributed by atoms with Gasteiger partial charge in [-0.15, -0.1) is 0 Å². The first-order valence-corrected chi connectivity index (χ1v) is 11.2. The predicted molar refractivity (Wildman–Crippen MR) is 115 cm³/mol. The largest absolute Gasteiger partial charge is 0.374 e. The maximum atomic E-state index is 12.5. The molecule has 0 spiro atoms. The SMILES string of the molecule is Cc1ccc(S(=O)(=O)OCC(COCc2ccccc2)OCc2ccccc2)cc1. The molecule has 0 bridgehead atoms. The molecule has 0 heterocycles. The smallest absolute Gasteiger partial charge is 0.297 e. The fourth-order valence-electron chi connectivity index (χ4n) is 2.75. The van der Waals surface area contributed by atoms with E-state index in [-0.39, 0.29) is 18.1 Å². The Morgan fingerprint density at radius 2 is 1.30 bits per heavy atom. The lowest BCUT2D eigenvalue weighted by Crippen LogP contribution is -2.27. The third-order valence-electron chi connectivity index (χ3n) is 4.46. The van der Waals surface area contributed by atoms with Gasteiger partial charge in [-0.25, -0.2) is 0 Å². The summed E-state index contributed by atoms with van der Waals surface area (Å²) in [5, 5.41) is 0. The monoisotopic (exact) mass is 426 g/mol. The Morgan fingerprint density at radius 3 is 1.90 bits per heavy atom. The van der Waals surface area contributed by atoms with Gasteiger partial charge >= 0.3 is 0 Å². The maximum absolute atomic E-state index is 12.5. The summed E-state index contributed by atoms with van der Waals surface area (Å²) in [4.78, 5) is 0.125. The minimum absolute atomic E-state index is 0.125. The number of hydrogen-bond donors (Lipinski definition) is 0. The average molecular weight is 427 g/mol. The summed E-state index contributed by atoms with van der Waals surface area (Å²) in [5.74, 6) is 0. The fourth-order valence-corrected chi connectivity index (χ4v) is 3.69. The van der Waals surface area contributed by atoms with Crippen molar-refractivity contribution in [2.45, 2.75) is 31.1 Å². The van der Waals surface area contributed by atoms with Gasteiger partial charge in [0.1, 0.15) is 6.10 Å². The Hall–Kier alpha value is -2.51. The lowest BCUT2D eigenvalue weighted by molar-refractivity contribution is -0.0480. The van der Waals surface area contributed by atoms with E-state index >= 15 is 0 Å². The molecule has 0 amide bonds. The van der Waals surface area contributed by atoms with Gasteiger partial charge < -0.3 is 9.47 Å². The summed E-state index contributed by atoms with van der Waals surface area (Å²) in [6.07, 6.45) is -0.533. The topological polar surface area (TPSA) is 61.8 Å². The molecule has 5 nitrogen and oxygen atoms in total. The van der Waals surface area contributed by atoms with Crippen LogP contribution >= 0.6 is 0 Å². The van der Waals surface area contributed by atoms with Crippen LogP contribution in [0.5, 0.6) is 0 Å². The first-order valence-electron chi connectivity index (χ1n) is 9.76. The van der Waals surface area contributed by atoms with E-state index in [9.17, 15) is 8.42 Å². The highest BCUT2D eigenvalue weighted by Gasteiger charge is 2.19. The van der Waals surface area contributed by atoms with Gasteiger partial charge in [-0.1, -0.05) is 78.4 Å². The van der Waals surface area contributed by atoms with Crippen LogP contribution in [-0.4, -0.2) is 27.7 Å². The van der Waals surface area contributed by atoms with Crippen molar-refractivity contribution in [3.05, 3.63) is 102 Å². The van der Waals surface area contributed by atoms with Gasteiger partial charge in [0.05, 0.1) is 31.3 Å². The molecule has 158 valence electrons. The number of aryl methyl sites for hydroxylation is 1. The van der Waals surface area contributed by atoms with Crippen LogP contribution < -0.4 is 0 Å². The molecule has 0 saturated carbocycles.